The summed E-state index contributed by atoms with van der Waals surface area (Å²) in [6.07, 6.45) is 1.56. The van der Waals surface area contributed by atoms with Crippen molar-refractivity contribution in [3.05, 3.63) is 48.7 Å². The highest BCUT2D eigenvalue weighted by Gasteiger charge is 2.15. The molecule has 19 heavy (non-hydrogen) atoms. The van der Waals surface area contributed by atoms with Crippen LogP contribution in [-0.2, 0) is 0 Å². The van der Waals surface area contributed by atoms with Crippen LogP contribution in [0.2, 0.25) is 0 Å². The van der Waals surface area contributed by atoms with Gasteiger partial charge in [0.1, 0.15) is 5.58 Å². The van der Waals surface area contributed by atoms with Crippen molar-refractivity contribution in [2.24, 2.45) is 0 Å². The monoisotopic (exact) mass is 252 g/mol. The van der Waals surface area contributed by atoms with Gasteiger partial charge in [0.2, 0.25) is 0 Å². The standard InChI is InChI=1S/C14H8N2O3/c1-2-5-10-9(4-1)8-12(18-10)14-16-15-13(19-14)11-6-3-7-17-11/h1-8H. The van der Waals surface area contributed by atoms with Crippen molar-refractivity contribution in [2.45, 2.75) is 0 Å². The minimum absolute atomic E-state index is 0.334. The zero-order chi connectivity index (χ0) is 12.7. The van der Waals surface area contributed by atoms with E-state index in [0.717, 1.165) is 11.0 Å². The fourth-order valence-electron chi connectivity index (χ4n) is 1.91. The Hall–Kier alpha value is -2.82. The topological polar surface area (TPSA) is 65.2 Å². The third-order valence-corrected chi connectivity index (χ3v) is 2.79. The summed E-state index contributed by atoms with van der Waals surface area (Å²) in [5, 5.41) is 8.90. The van der Waals surface area contributed by atoms with Gasteiger partial charge in [0.25, 0.3) is 11.8 Å². The van der Waals surface area contributed by atoms with Crippen molar-refractivity contribution < 1.29 is 13.3 Å². The lowest BCUT2D eigenvalue weighted by atomic mass is 10.2. The SMILES string of the molecule is c1coc(-c2nnc(-c3cc4ccccc4o3)o2)c1. The van der Waals surface area contributed by atoms with Gasteiger partial charge in [-0.15, -0.1) is 10.2 Å². The van der Waals surface area contributed by atoms with Crippen LogP contribution in [0.15, 0.2) is 62.0 Å². The van der Waals surface area contributed by atoms with Crippen LogP contribution in [0.25, 0.3) is 34.3 Å². The van der Waals surface area contributed by atoms with Gasteiger partial charge in [0.15, 0.2) is 11.5 Å². The molecule has 5 nitrogen and oxygen atoms in total. The van der Waals surface area contributed by atoms with Crippen LogP contribution in [0.4, 0.5) is 0 Å². The number of furan rings is 2. The smallest absolute Gasteiger partial charge is 0.284 e. The van der Waals surface area contributed by atoms with E-state index in [1.807, 2.05) is 30.3 Å². The van der Waals surface area contributed by atoms with Gasteiger partial charge in [-0.2, -0.15) is 0 Å². The third-order valence-electron chi connectivity index (χ3n) is 2.79. The summed E-state index contributed by atoms with van der Waals surface area (Å²) in [4.78, 5) is 0. The molecule has 5 heteroatoms. The van der Waals surface area contributed by atoms with Crippen LogP contribution in [0.3, 0.4) is 0 Å². The minimum Gasteiger partial charge on any atom is -0.459 e. The third kappa shape index (κ3) is 1.63. The molecule has 1 aromatic carbocycles. The zero-order valence-corrected chi connectivity index (χ0v) is 9.74. The summed E-state index contributed by atoms with van der Waals surface area (Å²) < 4.78 is 16.4. The Balaban J connectivity index is 1.80. The second kappa shape index (κ2) is 3.84. The summed E-state index contributed by atoms with van der Waals surface area (Å²) in [5.41, 5.74) is 0.787. The molecule has 3 aromatic heterocycles. The van der Waals surface area contributed by atoms with Gasteiger partial charge in [-0.1, -0.05) is 18.2 Å². The number of hydrogen-bond acceptors (Lipinski definition) is 5. The minimum atomic E-state index is 0.334. The van der Waals surface area contributed by atoms with Gasteiger partial charge in [0, 0.05) is 5.39 Å². The number of rotatable bonds is 2. The number of hydrogen-bond donors (Lipinski definition) is 0. The molecule has 0 atom stereocenters. The molecule has 0 aliphatic heterocycles. The average molecular weight is 252 g/mol. The van der Waals surface area contributed by atoms with Crippen LogP contribution >= 0.6 is 0 Å². The van der Waals surface area contributed by atoms with Crippen molar-refractivity contribution in [1.29, 1.82) is 0 Å². The van der Waals surface area contributed by atoms with E-state index >= 15 is 0 Å². The first kappa shape index (κ1) is 10.1. The number of aromatic nitrogens is 2. The van der Waals surface area contributed by atoms with Crippen molar-refractivity contribution in [1.82, 2.24) is 10.2 Å². The lowest BCUT2D eigenvalue weighted by Gasteiger charge is -1.86. The van der Waals surface area contributed by atoms with Crippen molar-refractivity contribution in [3.8, 4) is 23.3 Å². The molecule has 0 unspecified atom stereocenters. The highest BCUT2D eigenvalue weighted by atomic mass is 16.4. The molecular weight excluding hydrogens is 244 g/mol. The van der Waals surface area contributed by atoms with E-state index in [0.29, 0.717) is 23.3 Å². The van der Waals surface area contributed by atoms with E-state index < -0.39 is 0 Å². The number of fused-ring (bicyclic) bond motifs is 1. The quantitative estimate of drug-likeness (QED) is 0.543. The molecule has 0 amide bonds. The summed E-state index contributed by atoms with van der Waals surface area (Å²) in [6, 6.07) is 13.1. The molecule has 4 aromatic rings. The Kier molecular flexibility index (Phi) is 2.05. The maximum absolute atomic E-state index is 5.66. The molecule has 0 fully saturated rings. The zero-order valence-electron chi connectivity index (χ0n) is 9.74. The van der Waals surface area contributed by atoms with Gasteiger partial charge in [0.05, 0.1) is 6.26 Å². The van der Waals surface area contributed by atoms with Crippen molar-refractivity contribution in [3.63, 3.8) is 0 Å². The number of benzene rings is 1. The molecule has 0 bridgehead atoms. The summed E-state index contributed by atoms with van der Waals surface area (Å²) in [7, 11) is 0. The maximum atomic E-state index is 5.66. The Labute approximate surface area is 107 Å². The molecule has 0 saturated carbocycles. The lowest BCUT2D eigenvalue weighted by Crippen LogP contribution is -1.72. The molecular formula is C14H8N2O3. The molecule has 0 saturated heterocycles. The van der Waals surface area contributed by atoms with Crippen LogP contribution < -0.4 is 0 Å². The first-order valence-electron chi connectivity index (χ1n) is 5.76. The fraction of sp³-hybridized carbons (Fsp3) is 0. The average Bonchev–Trinajstić information content (AvgIpc) is 3.17. The van der Waals surface area contributed by atoms with E-state index in [1.54, 1.807) is 18.4 Å². The maximum Gasteiger partial charge on any atom is 0.284 e. The Morgan fingerprint density at radius 2 is 1.63 bits per heavy atom. The van der Waals surface area contributed by atoms with Crippen LogP contribution in [0.1, 0.15) is 0 Å². The van der Waals surface area contributed by atoms with Gasteiger partial charge in [-0.3, -0.25) is 0 Å². The Bertz CT molecular complexity index is 794. The predicted molar refractivity (Wildman–Crippen MR) is 67.2 cm³/mol. The summed E-state index contributed by atoms with van der Waals surface area (Å²) in [6.45, 7) is 0. The highest BCUT2D eigenvalue weighted by molar-refractivity contribution is 5.81. The van der Waals surface area contributed by atoms with Gasteiger partial charge in [-0.05, 0) is 24.3 Å². The Morgan fingerprint density at radius 1 is 0.789 bits per heavy atom. The Morgan fingerprint density at radius 3 is 2.42 bits per heavy atom. The van der Waals surface area contributed by atoms with Gasteiger partial charge >= 0.3 is 0 Å². The largest absolute Gasteiger partial charge is 0.459 e. The van der Waals surface area contributed by atoms with E-state index in [9.17, 15) is 0 Å². The second-order valence-corrected chi connectivity index (χ2v) is 4.04. The number of para-hydroxylation sites is 1. The lowest BCUT2D eigenvalue weighted by molar-refractivity contribution is 0.509. The first-order valence-corrected chi connectivity index (χ1v) is 5.76. The molecule has 0 aliphatic rings. The van der Waals surface area contributed by atoms with E-state index in [1.165, 1.54) is 0 Å². The highest BCUT2D eigenvalue weighted by Crippen LogP contribution is 2.28. The van der Waals surface area contributed by atoms with Crippen LogP contribution in [-0.4, -0.2) is 10.2 Å². The normalized spacial score (nSPS) is 11.2. The van der Waals surface area contributed by atoms with Crippen molar-refractivity contribution in [2.75, 3.05) is 0 Å². The van der Waals surface area contributed by atoms with E-state index in [-0.39, 0.29) is 0 Å². The van der Waals surface area contributed by atoms with Gasteiger partial charge in [-0.25, -0.2) is 0 Å². The summed E-state index contributed by atoms with van der Waals surface area (Å²) in [5.74, 6) is 1.75. The molecule has 0 N–H and O–H groups in total. The van der Waals surface area contributed by atoms with Crippen LogP contribution in [0, 0.1) is 0 Å². The molecule has 4 rings (SSSR count). The van der Waals surface area contributed by atoms with E-state index in [2.05, 4.69) is 10.2 Å². The molecule has 0 aliphatic carbocycles. The molecule has 92 valence electrons. The molecule has 3 heterocycles. The molecule has 0 radical (unpaired) electrons. The summed E-state index contributed by atoms with van der Waals surface area (Å²) >= 11 is 0. The van der Waals surface area contributed by atoms with E-state index in [4.69, 9.17) is 13.3 Å². The fourth-order valence-corrected chi connectivity index (χ4v) is 1.91. The first-order chi connectivity index (χ1) is 9.40. The predicted octanol–water partition coefficient (Wildman–Crippen LogP) is 3.74. The number of nitrogens with zero attached hydrogens (tertiary/aromatic N) is 2. The van der Waals surface area contributed by atoms with Gasteiger partial charge < -0.3 is 13.3 Å². The van der Waals surface area contributed by atoms with Crippen molar-refractivity contribution >= 4 is 11.0 Å². The van der Waals surface area contributed by atoms with Crippen LogP contribution in [0.5, 0.6) is 0 Å². The molecule has 0 spiro atoms. The second-order valence-electron chi connectivity index (χ2n) is 4.04.